The molecule has 0 amide bonds. The molecule has 6 heteroatoms. The number of pyridine rings is 1. The second-order valence-corrected chi connectivity index (χ2v) is 6.49. The van der Waals surface area contributed by atoms with Gasteiger partial charge in [0.1, 0.15) is 11.6 Å². The van der Waals surface area contributed by atoms with E-state index in [0.717, 1.165) is 21.7 Å². The molecule has 0 N–H and O–H groups in total. The minimum atomic E-state index is -2.23. The Balaban J connectivity index is 1.69. The van der Waals surface area contributed by atoms with Crippen molar-refractivity contribution in [1.29, 1.82) is 0 Å². The largest absolute Gasteiger partial charge is 0.439 e. The first-order valence-electron chi connectivity index (χ1n) is 9.89. The van der Waals surface area contributed by atoms with E-state index in [-0.39, 0.29) is 13.0 Å². The van der Waals surface area contributed by atoms with E-state index in [9.17, 15) is 0 Å². The summed E-state index contributed by atoms with van der Waals surface area (Å²) in [4.78, 5) is 7.88. The number of hydrogen-bond donors (Lipinski definition) is 0. The van der Waals surface area contributed by atoms with Crippen molar-refractivity contribution in [1.82, 2.24) is 9.90 Å². The summed E-state index contributed by atoms with van der Waals surface area (Å²) in [7, 11) is 0. The molecule has 25 heavy (non-hydrogen) atoms. The maximum atomic E-state index is 8.02. The van der Waals surface area contributed by atoms with E-state index in [0.29, 0.717) is 11.4 Å². The number of benzene rings is 1. The van der Waals surface area contributed by atoms with Crippen LogP contribution in [0, 0.1) is 0 Å². The minimum absolute atomic E-state index is 0.0138. The van der Waals surface area contributed by atoms with Crippen LogP contribution in [-0.2, 0) is 0 Å². The van der Waals surface area contributed by atoms with Crippen molar-refractivity contribution in [3.05, 3.63) is 53.2 Å². The molecule has 0 saturated carbocycles. The topological polar surface area (TPSA) is 35.8 Å². The Kier molecular flexibility index (Phi) is 2.35. The number of furan rings is 1. The van der Waals surface area contributed by atoms with Crippen LogP contribution in [-0.4, -0.2) is 29.9 Å². The van der Waals surface area contributed by atoms with E-state index in [1.54, 1.807) is 6.20 Å². The van der Waals surface area contributed by atoms with Gasteiger partial charge in [-0.05, 0) is 37.2 Å². The monoisotopic (exact) mass is 333 g/mol. The Morgan fingerprint density at radius 2 is 2.04 bits per heavy atom. The first-order chi connectivity index (χ1) is 13.4. The molecule has 1 aromatic carbocycles. The Morgan fingerprint density at radius 3 is 2.88 bits per heavy atom. The highest BCUT2D eigenvalue weighted by atomic mass is 16.3. The molecular formula is C19H19BN4O. The van der Waals surface area contributed by atoms with Gasteiger partial charge < -0.3 is 14.2 Å². The Hall–Kier alpha value is -2.89. The molecule has 4 heterocycles. The molecule has 5 nitrogen and oxygen atoms in total. The number of para-hydroxylation sites is 2. The third kappa shape index (κ3) is 1.94. The highest BCUT2D eigenvalue weighted by Crippen LogP contribution is 2.39. The van der Waals surface area contributed by atoms with Crippen molar-refractivity contribution in [2.45, 2.75) is 19.9 Å². The Morgan fingerprint density at radius 1 is 1.20 bits per heavy atom. The van der Waals surface area contributed by atoms with Crippen LogP contribution < -0.4 is 20.5 Å². The van der Waals surface area contributed by atoms with E-state index in [1.807, 2.05) is 60.5 Å². The summed E-state index contributed by atoms with van der Waals surface area (Å²) in [5.74, 6) is 2.05. The molecule has 0 spiro atoms. The summed E-state index contributed by atoms with van der Waals surface area (Å²) < 4.78 is 30.0. The predicted octanol–water partition coefficient (Wildman–Crippen LogP) is 2.04. The maximum absolute atomic E-state index is 8.02. The predicted molar refractivity (Wildman–Crippen MR) is 102 cm³/mol. The molecule has 1 atom stereocenters. The van der Waals surface area contributed by atoms with Crippen LogP contribution in [0.15, 0.2) is 47.0 Å². The smallest absolute Gasteiger partial charge is 0.306 e. The molecule has 2 aliphatic rings. The third-order valence-electron chi connectivity index (χ3n) is 4.97. The summed E-state index contributed by atoms with van der Waals surface area (Å²) in [6, 6.07) is 11.5. The second-order valence-electron chi connectivity index (χ2n) is 6.49. The lowest BCUT2D eigenvalue weighted by Crippen LogP contribution is -2.55. The fraction of sp³-hybridized carbons (Fsp3) is 0.211. The lowest BCUT2D eigenvalue weighted by Gasteiger charge is -2.40. The quantitative estimate of drug-likeness (QED) is 0.637. The van der Waals surface area contributed by atoms with Crippen molar-refractivity contribution >= 4 is 41.5 Å². The van der Waals surface area contributed by atoms with Gasteiger partial charge in [0.15, 0.2) is 0 Å². The maximum Gasteiger partial charge on any atom is 0.306 e. The van der Waals surface area contributed by atoms with Gasteiger partial charge in [0.25, 0.3) is 0 Å². The normalized spacial score (nSPS) is 21.2. The van der Waals surface area contributed by atoms with E-state index >= 15 is 0 Å². The van der Waals surface area contributed by atoms with Crippen molar-refractivity contribution in [2.75, 3.05) is 16.9 Å². The van der Waals surface area contributed by atoms with Crippen molar-refractivity contribution in [2.24, 2.45) is 0 Å². The van der Waals surface area contributed by atoms with Gasteiger partial charge in [-0.3, -0.25) is 5.01 Å². The molecule has 0 bridgehead atoms. The van der Waals surface area contributed by atoms with Crippen LogP contribution in [0.25, 0.3) is 23.3 Å². The molecular weight excluding hydrogens is 311 g/mol. The van der Waals surface area contributed by atoms with Crippen LogP contribution in [0.5, 0.6) is 0 Å². The first kappa shape index (κ1) is 11.6. The highest BCUT2D eigenvalue weighted by Gasteiger charge is 2.36. The molecule has 5 rings (SSSR count). The standard InChI is InChI=1S/C19H19BN4O/c1-13-22(3)16-8-4-5-9-17(16)24(13)23-12-15-14-7-6-10-21-19(14)25-18(15)11-20(23)2/h4-13H,1-3H3/t13-/m0/s1/i3D3. The number of rotatable bonds is 1. The number of anilines is 2. The van der Waals surface area contributed by atoms with Gasteiger partial charge in [-0.1, -0.05) is 19.0 Å². The average molecular weight is 333 g/mol. The molecule has 124 valence electrons. The zero-order chi connectivity index (χ0) is 19.6. The van der Waals surface area contributed by atoms with Crippen molar-refractivity contribution < 1.29 is 8.53 Å². The summed E-state index contributed by atoms with van der Waals surface area (Å²) in [6.07, 6.45) is 3.38. The van der Waals surface area contributed by atoms with Gasteiger partial charge in [0.2, 0.25) is 5.71 Å². The Bertz CT molecular complexity index is 1190. The number of aromatic nitrogens is 1. The van der Waals surface area contributed by atoms with Crippen LogP contribution in [0.3, 0.4) is 0 Å². The van der Waals surface area contributed by atoms with Gasteiger partial charge in [-0.15, -0.1) is 0 Å². The molecule has 0 saturated heterocycles. The van der Waals surface area contributed by atoms with Crippen LogP contribution in [0.1, 0.15) is 11.0 Å². The lowest BCUT2D eigenvalue weighted by molar-refractivity contribution is 0.489. The number of fused-ring (bicyclic) bond motifs is 4. The zero-order valence-corrected chi connectivity index (χ0v) is 14.0. The summed E-state index contributed by atoms with van der Waals surface area (Å²) in [5.41, 5.74) is 2.98. The van der Waals surface area contributed by atoms with Gasteiger partial charge in [0.05, 0.1) is 11.4 Å². The van der Waals surface area contributed by atoms with Crippen LogP contribution in [0.4, 0.5) is 11.4 Å². The number of hydrogen-bond acceptors (Lipinski definition) is 5. The number of hydrazine groups is 1. The molecule has 3 aromatic rings. The van der Waals surface area contributed by atoms with Crippen molar-refractivity contribution in [3.8, 4) is 0 Å². The molecule has 2 aromatic heterocycles. The number of nitrogens with zero attached hydrogens (tertiary/aromatic N) is 4. The van der Waals surface area contributed by atoms with Gasteiger partial charge in [-0.25, -0.2) is 4.98 Å². The van der Waals surface area contributed by atoms with Gasteiger partial charge in [0, 0.05) is 34.1 Å². The van der Waals surface area contributed by atoms with Crippen molar-refractivity contribution in [3.63, 3.8) is 0 Å². The first-order valence-corrected chi connectivity index (χ1v) is 8.39. The van der Waals surface area contributed by atoms with Crippen LogP contribution in [0.2, 0.25) is 6.82 Å². The third-order valence-corrected chi connectivity index (χ3v) is 4.97. The van der Waals surface area contributed by atoms with E-state index < -0.39 is 6.98 Å². The SMILES string of the molecule is [2H]C([2H])([2H])N1c2ccccc2N(N2C=c3c(oc4ncccc34)=CB2C)[C@H]1C. The molecule has 0 aliphatic carbocycles. The van der Waals surface area contributed by atoms with E-state index in [2.05, 4.69) is 16.7 Å². The minimum Gasteiger partial charge on any atom is -0.439 e. The average Bonchev–Trinajstić information content (AvgIpc) is 3.14. The Labute approximate surface area is 150 Å². The van der Waals surface area contributed by atoms with Crippen LogP contribution >= 0.6 is 0 Å². The summed E-state index contributed by atoms with van der Waals surface area (Å²) in [6.45, 7) is 1.73. The summed E-state index contributed by atoms with van der Waals surface area (Å²) >= 11 is 0. The molecule has 2 aliphatic heterocycles. The second kappa shape index (κ2) is 5.05. The van der Waals surface area contributed by atoms with Gasteiger partial charge in [-0.2, -0.15) is 0 Å². The molecule has 0 radical (unpaired) electrons. The molecule has 0 fully saturated rings. The van der Waals surface area contributed by atoms with E-state index in [4.69, 9.17) is 8.53 Å². The fourth-order valence-electron chi connectivity index (χ4n) is 3.72. The highest BCUT2D eigenvalue weighted by molar-refractivity contribution is 6.70. The van der Waals surface area contributed by atoms with E-state index in [1.165, 1.54) is 4.90 Å². The summed E-state index contributed by atoms with van der Waals surface area (Å²) in [5, 5.41) is 3.94. The molecule has 0 unspecified atom stereocenters. The lowest BCUT2D eigenvalue weighted by atomic mass is 9.63. The zero-order valence-electron chi connectivity index (χ0n) is 17.0. The van der Waals surface area contributed by atoms with Gasteiger partial charge >= 0.3 is 6.85 Å². The fourth-order valence-corrected chi connectivity index (χ4v) is 3.72.